The molecule has 0 saturated heterocycles. The van der Waals surface area contributed by atoms with E-state index in [1.54, 1.807) is 6.33 Å². The summed E-state index contributed by atoms with van der Waals surface area (Å²) >= 11 is 6.07. The number of aromatic amines is 2. The Morgan fingerprint density at radius 3 is 2.62 bits per heavy atom. The minimum Gasteiger partial charge on any atom is -0.361 e. The number of halogens is 1. The maximum Gasteiger partial charge on any atom is 0.113 e. The van der Waals surface area contributed by atoms with Crippen LogP contribution in [0.2, 0.25) is 5.02 Å². The first kappa shape index (κ1) is 20.6. The van der Waals surface area contributed by atoms with Crippen LogP contribution < -0.4 is 0 Å². The van der Waals surface area contributed by atoms with Gasteiger partial charge in [0, 0.05) is 58.9 Å². The first-order valence-corrected chi connectivity index (χ1v) is 11.4. The van der Waals surface area contributed by atoms with E-state index in [1.165, 1.54) is 33.4 Å². The van der Waals surface area contributed by atoms with Crippen LogP contribution in [-0.2, 0) is 32.2 Å². The Kier molecular flexibility index (Phi) is 6.08. The van der Waals surface area contributed by atoms with E-state index in [-0.39, 0.29) is 0 Å². The van der Waals surface area contributed by atoms with E-state index in [0.29, 0.717) is 0 Å². The van der Waals surface area contributed by atoms with Crippen molar-refractivity contribution in [2.45, 2.75) is 38.6 Å². The largest absolute Gasteiger partial charge is 0.361 e. The fraction of sp³-hybridized carbons (Fsp3) is 0.231. The van der Waals surface area contributed by atoms with Crippen LogP contribution in [0.3, 0.4) is 0 Å². The second-order valence-electron chi connectivity index (χ2n) is 8.16. The van der Waals surface area contributed by atoms with Gasteiger partial charge in [0.15, 0.2) is 0 Å². The summed E-state index contributed by atoms with van der Waals surface area (Å²) in [5.41, 5.74) is 6.22. The highest BCUT2D eigenvalue weighted by Crippen LogP contribution is 2.21. The Hall–Kier alpha value is -3.31. The van der Waals surface area contributed by atoms with Gasteiger partial charge in [-0.2, -0.15) is 0 Å². The minimum atomic E-state index is 0.760. The Morgan fingerprint density at radius 1 is 0.906 bits per heavy atom. The first-order valence-electron chi connectivity index (χ1n) is 11.1. The van der Waals surface area contributed by atoms with E-state index < -0.39 is 0 Å². The summed E-state index contributed by atoms with van der Waals surface area (Å²) in [6, 6.07) is 16.5. The fourth-order valence-corrected chi connectivity index (χ4v) is 4.43. The van der Waals surface area contributed by atoms with Crippen molar-refractivity contribution in [3.8, 4) is 0 Å². The number of fused-ring (bicyclic) bond motifs is 1. The molecule has 0 aliphatic rings. The van der Waals surface area contributed by atoms with Crippen molar-refractivity contribution < 1.29 is 0 Å². The molecule has 0 unspecified atom stereocenters. The summed E-state index contributed by atoms with van der Waals surface area (Å²) in [7, 11) is 0. The summed E-state index contributed by atoms with van der Waals surface area (Å²) < 4.78 is 2.40. The normalized spacial score (nSPS) is 11.4. The standard InChI is InChI=1S/C26H26ClN5/c27-21-10-7-19(8-11-21)14-26-30-17-23(32(26)13-3-4-22-16-28-18-31-22)12-9-20-15-29-25-6-2-1-5-24(20)25/h1-2,5-8,10-11,15-18,29H,3-4,9,12-14H2,(H,28,31). The second-order valence-corrected chi connectivity index (χ2v) is 8.60. The molecule has 2 N–H and O–H groups in total. The molecular weight excluding hydrogens is 418 g/mol. The van der Waals surface area contributed by atoms with Gasteiger partial charge in [-0.25, -0.2) is 9.97 Å². The molecule has 0 amide bonds. The van der Waals surface area contributed by atoms with Crippen LogP contribution in [0.4, 0.5) is 0 Å². The molecule has 5 nitrogen and oxygen atoms in total. The maximum atomic E-state index is 6.07. The van der Waals surface area contributed by atoms with E-state index in [9.17, 15) is 0 Å². The summed E-state index contributed by atoms with van der Waals surface area (Å²) in [6.45, 7) is 0.936. The van der Waals surface area contributed by atoms with Crippen molar-refractivity contribution in [3.05, 3.63) is 107 Å². The fourth-order valence-electron chi connectivity index (χ4n) is 4.30. The molecule has 32 heavy (non-hydrogen) atoms. The van der Waals surface area contributed by atoms with Gasteiger partial charge >= 0.3 is 0 Å². The average Bonchev–Trinajstić information content (AvgIpc) is 3.55. The van der Waals surface area contributed by atoms with Gasteiger partial charge in [-0.05, 0) is 55.0 Å². The SMILES string of the molecule is Clc1ccc(Cc2ncc(CCc3c[nH]c4ccccc34)n2CCCc2cnc[nH]2)cc1. The van der Waals surface area contributed by atoms with Gasteiger partial charge in [-0.3, -0.25) is 0 Å². The van der Waals surface area contributed by atoms with Gasteiger partial charge in [-0.1, -0.05) is 41.9 Å². The van der Waals surface area contributed by atoms with Gasteiger partial charge in [0.25, 0.3) is 0 Å². The molecular formula is C26H26ClN5. The molecule has 3 aromatic heterocycles. The molecule has 0 atom stereocenters. The van der Waals surface area contributed by atoms with Crippen LogP contribution >= 0.6 is 11.6 Å². The highest BCUT2D eigenvalue weighted by molar-refractivity contribution is 6.30. The number of rotatable bonds is 9. The number of H-pyrrole nitrogens is 2. The molecule has 162 valence electrons. The monoisotopic (exact) mass is 443 g/mol. The first-order chi connectivity index (χ1) is 15.8. The van der Waals surface area contributed by atoms with Gasteiger partial charge < -0.3 is 14.5 Å². The topological polar surface area (TPSA) is 62.3 Å². The van der Waals surface area contributed by atoms with Gasteiger partial charge in [-0.15, -0.1) is 0 Å². The van der Waals surface area contributed by atoms with Crippen molar-refractivity contribution in [2.75, 3.05) is 0 Å². The van der Waals surface area contributed by atoms with E-state index in [1.807, 2.05) is 18.3 Å². The molecule has 3 heterocycles. The number of benzene rings is 2. The van der Waals surface area contributed by atoms with Crippen molar-refractivity contribution in [2.24, 2.45) is 0 Å². The lowest BCUT2D eigenvalue weighted by Gasteiger charge is -2.12. The van der Waals surface area contributed by atoms with Gasteiger partial charge in [0.05, 0.1) is 6.33 Å². The number of aryl methyl sites for hydroxylation is 3. The molecule has 0 aliphatic heterocycles. The molecule has 5 aromatic rings. The van der Waals surface area contributed by atoms with Crippen LogP contribution in [0.5, 0.6) is 0 Å². The summed E-state index contributed by atoms with van der Waals surface area (Å²) in [4.78, 5) is 15.5. The Labute approximate surface area is 192 Å². The van der Waals surface area contributed by atoms with Crippen LogP contribution in [0.1, 0.15) is 34.8 Å². The molecule has 0 aliphatic carbocycles. The van der Waals surface area contributed by atoms with Crippen LogP contribution in [-0.4, -0.2) is 24.5 Å². The number of aromatic nitrogens is 5. The number of imidazole rings is 2. The number of nitrogens with zero attached hydrogens (tertiary/aromatic N) is 3. The molecule has 2 aromatic carbocycles. The van der Waals surface area contributed by atoms with Crippen molar-refractivity contribution in [1.29, 1.82) is 0 Å². The molecule has 0 bridgehead atoms. The van der Waals surface area contributed by atoms with Crippen molar-refractivity contribution >= 4 is 22.5 Å². The van der Waals surface area contributed by atoms with Crippen LogP contribution in [0.15, 0.2) is 73.4 Å². The number of nitrogens with one attached hydrogen (secondary N) is 2. The minimum absolute atomic E-state index is 0.760. The molecule has 0 saturated carbocycles. The molecule has 0 fully saturated rings. The average molecular weight is 444 g/mol. The third kappa shape index (κ3) is 4.63. The van der Waals surface area contributed by atoms with Crippen molar-refractivity contribution in [1.82, 2.24) is 24.5 Å². The van der Waals surface area contributed by atoms with E-state index in [2.05, 4.69) is 68.3 Å². The molecule has 5 rings (SSSR count). The Morgan fingerprint density at radius 2 is 1.78 bits per heavy atom. The number of hydrogen-bond acceptors (Lipinski definition) is 2. The zero-order chi connectivity index (χ0) is 21.8. The molecule has 0 radical (unpaired) electrons. The Balaban J connectivity index is 1.35. The quantitative estimate of drug-likeness (QED) is 0.304. The number of para-hydroxylation sites is 1. The highest BCUT2D eigenvalue weighted by atomic mass is 35.5. The third-order valence-electron chi connectivity index (χ3n) is 6.00. The smallest absolute Gasteiger partial charge is 0.113 e. The van der Waals surface area contributed by atoms with E-state index >= 15 is 0 Å². The second kappa shape index (κ2) is 9.45. The highest BCUT2D eigenvalue weighted by Gasteiger charge is 2.12. The van der Waals surface area contributed by atoms with Crippen molar-refractivity contribution in [3.63, 3.8) is 0 Å². The van der Waals surface area contributed by atoms with E-state index in [0.717, 1.165) is 49.5 Å². The van der Waals surface area contributed by atoms with Gasteiger partial charge in [0.1, 0.15) is 5.82 Å². The lowest BCUT2D eigenvalue weighted by Crippen LogP contribution is -2.10. The Bertz CT molecular complexity index is 1280. The molecule has 0 spiro atoms. The van der Waals surface area contributed by atoms with Crippen LogP contribution in [0, 0.1) is 0 Å². The number of hydrogen-bond donors (Lipinski definition) is 2. The predicted octanol–water partition coefficient (Wildman–Crippen LogP) is 5.75. The lowest BCUT2D eigenvalue weighted by atomic mass is 10.1. The maximum absolute atomic E-state index is 6.07. The summed E-state index contributed by atoms with van der Waals surface area (Å²) in [5.74, 6) is 1.10. The zero-order valence-electron chi connectivity index (χ0n) is 17.9. The summed E-state index contributed by atoms with van der Waals surface area (Å²) in [5, 5.41) is 2.07. The molecule has 6 heteroatoms. The van der Waals surface area contributed by atoms with Gasteiger partial charge in [0.2, 0.25) is 0 Å². The third-order valence-corrected chi connectivity index (χ3v) is 6.26. The zero-order valence-corrected chi connectivity index (χ0v) is 18.6. The van der Waals surface area contributed by atoms with E-state index in [4.69, 9.17) is 16.6 Å². The summed E-state index contributed by atoms with van der Waals surface area (Å²) in [6.07, 6.45) is 12.6. The van der Waals surface area contributed by atoms with Crippen LogP contribution in [0.25, 0.3) is 10.9 Å². The predicted molar refractivity (Wildman–Crippen MR) is 129 cm³/mol. The lowest BCUT2D eigenvalue weighted by molar-refractivity contribution is 0.589.